The summed E-state index contributed by atoms with van der Waals surface area (Å²) in [6, 6.07) is 7.21. The number of carbonyl (C=O) groups excluding carboxylic acids is 1. The number of anilines is 2. The van der Waals surface area contributed by atoms with E-state index in [4.69, 9.17) is 16.1 Å². The lowest BCUT2D eigenvalue weighted by Crippen LogP contribution is -2.16. The molecule has 5 nitrogen and oxygen atoms in total. The fourth-order valence-electron chi connectivity index (χ4n) is 1.65. The number of hydrogen-bond acceptors (Lipinski definition) is 4. The van der Waals surface area contributed by atoms with Crippen LogP contribution < -0.4 is 10.6 Å². The second-order valence-corrected chi connectivity index (χ2v) is 4.92. The van der Waals surface area contributed by atoms with Crippen LogP contribution in [-0.4, -0.2) is 17.6 Å². The van der Waals surface area contributed by atoms with Gasteiger partial charge in [-0.15, -0.1) is 0 Å². The van der Waals surface area contributed by atoms with Crippen molar-refractivity contribution in [2.24, 2.45) is 0 Å². The molecule has 1 heterocycles. The van der Waals surface area contributed by atoms with E-state index in [1.165, 1.54) is 0 Å². The number of benzene rings is 1. The van der Waals surface area contributed by atoms with Crippen LogP contribution in [0.4, 0.5) is 11.5 Å². The topological polar surface area (TPSA) is 67.2 Å². The molecule has 1 aromatic carbocycles. The predicted octanol–water partition coefficient (Wildman–Crippen LogP) is 3.39. The van der Waals surface area contributed by atoms with Crippen LogP contribution in [0.25, 0.3) is 0 Å². The highest BCUT2D eigenvalue weighted by Crippen LogP contribution is 2.20. The van der Waals surface area contributed by atoms with Crippen molar-refractivity contribution in [1.29, 1.82) is 0 Å². The summed E-state index contributed by atoms with van der Waals surface area (Å²) in [6.45, 7) is 4.21. The zero-order valence-electron chi connectivity index (χ0n) is 11.4. The van der Waals surface area contributed by atoms with Crippen LogP contribution in [0.5, 0.6) is 0 Å². The number of aryl methyl sites for hydroxylation is 2. The third kappa shape index (κ3) is 3.99. The summed E-state index contributed by atoms with van der Waals surface area (Å²) in [4.78, 5) is 11.8. The Balaban J connectivity index is 1.79. The first-order valence-corrected chi connectivity index (χ1v) is 6.65. The van der Waals surface area contributed by atoms with Crippen LogP contribution >= 0.6 is 11.6 Å². The Labute approximate surface area is 122 Å². The monoisotopic (exact) mass is 293 g/mol. The second kappa shape index (κ2) is 6.43. The molecule has 0 saturated carbocycles. The number of carbonyl (C=O) groups is 1. The molecule has 0 radical (unpaired) electrons. The molecule has 2 rings (SSSR count). The van der Waals surface area contributed by atoms with E-state index in [2.05, 4.69) is 15.8 Å². The van der Waals surface area contributed by atoms with Crippen molar-refractivity contribution in [2.75, 3.05) is 17.2 Å². The highest BCUT2D eigenvalue weighted by Gasteiger charge is 2.05. The van der Waals surface area contributed by atoms with Crippen molar-refractivity contribution in [3.8, 4) is 0 Å². The standard InChI is InChI=1S/C14H16ClN3O2/c1-9-3-4-11(8-12(9)15)17-14(19)5-6-16-13-7-10(2)20-18-13/h3-4,7-8H,5-6H2,1-2H3,(H,16,18)(H,17,19). The SMILES string of the molecule is Cc1cc(NCCC(=O)Nc2ccc(C)c(Cl)c2)no1. The number of aromatic nitrogens is 1. The summed E-state index contributed by atoms with van der Waals surface area (Å²) < 4.78 is 4.91. The van der Waals surface area contributed by atoms with Gasteiger partial charge in [0.15, 0.2) is 5.82 Å². The largest absolute Gasteiger partial charge is 0.367 e. The van der Waals surface area contributed by atoms with Gasteiger partial charge in [-0.1, -0.05) is 22.8 Å². The normalized spacial score (nSPS) is 10.3. The smallest absolute Gasteiger partial charge is 0.226 e. The van der Waals surface area contributed by atoms with E-state index in [1.807, 2.05) is 26.0 Å². The van der Waals surface area contributed by atoms with E-state index < -0.39 is 0 Å². The number of rotatable bonds is 5. The number of hydrogen-bond donors (Lipinski definition) is 2. The third-order valence-corrected chi connectivity index (χ3v) is 3.15. The average molecular weight is 294 g/mol. The maximum atomic E-state index is 11.8. The lowest BCUT2D eigenvalue weighted by molar-refractivity contribution is -0.115. The fraction of sp³-hybridized carbons (Fsp3) is 0.286. The molecule has 0 atom stereocenters. The summed E-state index contributed by atoms with van der Waals surface area (Å²) in [5, 5.41) is 10.2. The van der Waals surface area contributed by atoms with Crippen LogP contribution in [-0.2, 0) is 4.79 Å². The van der Waals surface area contributed by atoms with E-state index in [-0.39, 0.29) is 5.91 Å². The van der Waals surface area contributed by atoms with Gasteiger partial charge in [-0.2, -0.15) is 0 Å². The minimum absolute atomic E-state index is 0.0855. The molecule has 1 aromatic heterocycles. The van der Waals surface area contributed by atoms with E-state index >= 15 is 0 Å². The Morgan fingerprint density at radius 3 is 2.80 bits per heavy atom. The van der Waals surface area contributed by atoms with Crippen molar-refractivity contribution < 1.29 is 9.32 Å². The van der Waals surface area contributed by atoms with E-state index in [9.17, 15) is 4.79 Å². The van der Waals surface area contributed by atoms with E-state index in [1.54, 1.807) is 12.1 Å². The van der Waals surface area contributed by atoms with Gasteiger partial charge in [0.1, 0.15) is 5.76 Å². The first-order valence-electron chi connectivity index (χ1n) is 6.28. The number of nitrogens with one attached hydrogen (secondary N) is 2. The minimum Gasteiger partial charge on any atom is -0.367 e. The van der Waals surface area contributed by atoms with Gasteiger partial charge in [0.2, 0.25) is 5.91 Å². The average Bonchev–Trinajstić information content (AvgIpc) is 2.80. The molecular weight excluding hydrogens is 278 g/mol. The zero-order chi connectivity index (χ0) is 14.5. The van der Waals surface area contributed by atoms with Crippen LogP contribution in [0.2, 0.25) is 5.02 Å². The van der Waals surface area contributed by atoms with Crippen LogP contribution in [0.15, 0.2) is 28.8 Å². The minimum atomic E-state index is -0.0855. The Kier molecular flexibility index (Phi) is 4.63. The quantitative estimate of drug-likeness (QED) is 0.887. The third-order valence-electron chi connectivity index (χ3n) is 2.74. The Morgan fingerprint density at radius 1 is 1.35 bits per heavy atom. The Hall–Kier alpha value is -2.01. The van der Waals surface area contributed by atoms with Gasteiger partial charge < -0.3 is 15.2 Å². The lowest BCUT2D eigenvalue weighted by atomic mass is 10.2. The van der Waals surface area contributed by atoms with Gasteiger partial charge in [0.05, 0.1) is 0 Å². The van der Waals surface area contributed by atoms with Gasteiger partial charge in [0, 0.05) is 29.7 Å². The maximum Gasteiger partial charge on any atom is 0.226 e. The van der Waals surface area contributed by atoms with E-state index in [0.717, 1.165) is 11.3 Å². The molecule has 2 aromatic rings. The number of nitrogens with zero attached hydrogens (tertiary/aromatic N) is 1. The first kappa shape index (κ1) is 14.4. The molecule has 0 fully saturated rings. The number of amides is 1. The van der Waals surface area contributed by atoms with Gasteiger partial charge in [-0.05, 0) is 31.5 Å². The molecule has 0 unspecified atom stereocenters. The van der Waals surface area contributed by atoms with Gasteiger partial charge in [0.25, 0.3) is 0 Å². The molecule has 20 heavy (non-hydrogen) atoms. The molecule has 0 aliphatic rings. The van der Waals surface area contributed by atoms with Crippen LogP contribution in [0.1, 0.15) is 17.7 Å². The summed E-state index contributed by atoms with van der Waals surface area (Å²) in [6.07, 6.45) is 0.331. The zero-order valence-corrected chi connectivity index (χ0v) is 12.1. The highest BCUT2D eigenvalue weighted by atomic mass is 35.5. The molecule has 0 aliphatic heterocycles. The second-order valence-electron chi connectivity index (χ2n) is 4.51. The van der Waals surface area contributed by atoms with Crippen LogP contribution in [0.3, 0.4) is 0 Å². The predicted molar refractivity (Wildman–Crippen MR) is 79.2 cm³/mol. The molecule has 6 heteroatoms. The van der Waals surface area contributed by atoms with Crippen molar-refractivity contribution in [1.82, 2.24) is 5.16 Å². The summed E-state index contributed by atoms with van der Waals surface area (Å²) in [7, 11) is 0. The Morgan fingerprint density at radius 2 is 2.15 bits per heavy atom. The molecule has 0 bridgehead atoms. The van der Waals surface area contributed by atoms with Gasteiger partial charge in [-0.25, -0.2) is 0 Å². The highest BCUT2D eigenvalue weighted by molar-refractivity contribution is 6.31. The molecular formula is C14H16ClN3O2. The van der Waals surface area contributed by atoms with Gasteiger partial charge >= 0.3 is 0 Å². The van der Waals surface area contributed by atoms with Gasteiger partial charge in [-0.3, -0.25) is 4.79 Å². The summed E-state index contributed by atoms with van der Waals surface area (Å²) in [5.74, 6) is 1.28. The van der Waals surface area contributed by atoms with Crippen molar-refractivity contribution in [3.05, 3.63) is 40.6 Å². The van der Waals surface area contributed by atoms with Crippen molar-refractivity contribution in [2.45, 2.75) is 20.3 Å². The summed E-state index contributed by atoms with van der Waals surface area (Å²) in [5.41, 5.74) is 1.68. The lowest BCUT2D eigenvalue weighted by Gasteiger charge is -2.07. The van der Waals surface area contributed by atoms with Crippen LogP contribution in [0, 0.1) is 13.8 Å². The van der Waals surface area contributed by atoms with E-state index in [0.29, 0.717) is 29.5 Å². The Bertz CT molecular complexity index is 610. The molecule has 0 aliphatic carbocycles. The fourth-order valence-corrected chi connectivity index (χ4v) is 1.83. The summed E-state index contributed by atoms with van der Waals surface area (Å²) >= 11 is 6.00. The number of halogens is 1. The first-order chi connectivity index (χ1) is 9.54. The molecule has 2 N–H and O–H groups in total. The maximum absolute atomic E-state index is 11.8. The van der Waals surface area contributed by atoms with Crippen molar-refractivity contribution in [3.63, 3.8) is 0 Å². The molecule has 0 spiro atoms. The molecule has 106 valence electrons. The molecule has 0 saturated heterocycles. The molecule has 1 amide bonds. The van der Waals surface area contributed by atoms with Crippen molar-refractivity contribution >= 4 is 29.0 Å².